The highest BCUT2D eigenvalue weighted by atomic mass is 32.1. The molecule has 1 fully saturated rings. The number of ether oxygens (including phenoxy) is 1. The van der Waals surface area contributed by atoms with E-state index in [0.29, 0.717) is 0 Å². The monoisotopic (exact) mass is 558 g/mol. The molecule has 39 heavy (non-hydrogen) atoms. The number of aliphatic hydroxyl groups is 1. The SMILES string of the molecule is CNC(=O)c1ccccc1Oc1ccc(N2C(=S)N(c3ccc(C#N)c(C(F)(F)F)c3)C(O)C2(C)C)cc1F. The first kappa shape index (κ1) is 27.8. The highest BCUT2D eigenvalue weighted by Crippen LogP contribution is 2.42. The molecule has 0 saturated carbocycles. The molecular weight excluding hydrogens is 536 g/mol. The Hall–Kier alpha value is -4.21. The summed E-state index contributed by atoms with van der Waals surface area (Å²) in [5.41, 5.74) is -2.62. The van der Waals surface area contributed by atoms with Gasteiger partial charge in [0, 0.05) is 24.5 Å². The molecule has 1 heterocycles. The number of hydrogen-bond acceptors (Lipinski definition) is 5. The predicted octanol–water partition coefficient (Wildman–Crippen LogP) is 5.58. The molecule has 1 saturated heterocycles. The number of benzene rings is 3. The third-order valence-corrected chi connectivity index (χ3v) is 6.69. The Morgan fingerprint density at radius 3 is 2.38 bits per heavy atom. The van der Waals surface area contributed by atoms with E-state index in [1.165, 1.54) is 48.3 Å². The summed E-state index contributed by atoms with van der Waals surface area (Å²) in [7, 11) is 1.45. The Bertz CT molecular complexity index is 1500. The molecule has 1 aliphatic heterocycles. The van der Waals surface area contributed by atoms with Crippen molar-refractivity contribution in [2.45, 2.75) is 31.8 Å². The summed E-state index contributed by atoms with van der Waals surface area (Å²) in [6.45, 7) is 3.19. The van der Waals surface area contributed by atoms with E-state index in [4.69, 9.17) is 22.2 Å². The molecule has 1 aliphatic rings. The van der Waals surface area contributed by atoms with E-state index in [1.807, 2.05) is 0 Å². The molecular formula is C27H22F4N4O3S. The van der Waals surface area contributed by atoms with Crippen LogP contribution < -0.4 is 19.9 Å². The van der Waals surface area contributed by atoms with E-state index in [1.54, 1.807) is 26.0 Å². The molecule has 0 bridgehead atoms. The molecule has 3 aromatic rings. The van der Waals surface area contributed by atoms with Gasteiger partial charge in [-0.15, -0.1) is 0 Å². The predicted molar refractivity (Wildman–Crippen MR) is 140 cm³/mol. The van der Waals surface area contributed by atoms with E-state index in [2.05, 4.69) is 5.32 Å². The fourth-order valence-electron chi connectivity index (χ4n) is 4.31. The van der Waals surface area contributed by atoms with Crippen LogP contribution in [0.2, 0.25) is 0 Å². The highest BCUT2D eigenvalue weighted by Gasteiger charge is 2.50. The normalized spacial score (nSPS) is 16.7. The lowest BCUT2D eigenvalue weighted by Crippen LogP contribution is -2.47. The minimum absolute atomic E-state index is 0.0802. The second-order valence-corrected chi connectivity index (χ2v) is 9.51. The average molecular weight is 559 g/mol. The number of nitrogens with one attached hydrogen (secondary N) is 1. The van der Waals surface area contributed by atoms with Crippen LogP contribution in [0.5, 0.6) is 11.5 Å². The number of carbonyl (C=O) groups excluding carboxylic acids is 1. The Morgan fingerprint density at radius 1 is 1.10 bits per heavy atom. The number of halogens is 4. The second kappa shape index (κ2) is 10.2. The van der Waals surface area contributed by atoms with Gasteiger partial charge in [0.1, 0.15) is 5.75 Å². The van der Waals surface area contributed by atoms with Gasteiger partial charge < -0.3 is 20.1 Å². The van der Waals surface area contributed by atoms with Crippen LogP contribution in [0, 0.1) is 17.1 Å². The van der Waals surface area contributed by atoms with Gasteiger partial charge in [0.05, 0.1) is 28.3 Å². The summed E-state index contributed by atoms with van der Waals surface area (Å²) in [6, 6.07) is 14.7. The zero-order chi connectivity index (χ0) is 28.7. The molecule has 202 valence electrons. The lowest BCUT2D eigenvalue weighted by Gasteiger charge is -2.33. The number of carbonyl (C=O) groups is 1. The van der Waals surface area contributed by atoms with Crippen molar-refractivity contribution in [3.63, 3.8) is 0 Å². The van der Waals surface area contributed by atoms with Crippen molar-refractivity contribution < 1.29 is 32.2 Å². The molecule has 0 aromatic heterocycles. The number of alkyl halides is 3. The molecule has 7 nitrogen and oxygen atoms in total. The van der Waals surface area contributed by atoms with E-state index in [-0.39, 0.29) is 33.5 Å². The lowest BCUT2D eigenvalue weighted by atomic mass is 10.0. The van der Waals surface area contributed by atoms with Gasteiger partial charge in [-0.25, -0.2) is 4.39 Å². The number of para-hydroxylation sites is 1. The van der Waals surface area contributed by atoms with Crippen LogP contribution in [0.3, 0.4) is 0 Å². The lowest BCUT2D eigenvalue weighted by molar-refractivity contribution is -0.137. The van der Waals surface area contributed by atoms with Gasteiger partial charge in [-0.05, 0) is 68.5 Å². The Morgan fingerprint density at radius 2 is 1.77 bits per heavy atom. The molecule has 12 heteroatoms. The molecule has 3 aromatic carbocycles. The van der Waals surface area contributed by atoms with Crippen LogP contribution in [0.25, 0.3) is 0 Å². The van der Waals surface area contributed by atoms with Crippen molar-refractivity contribution in [3.05, 3.63) is 83.2 Å². The van der Waals surface area contributed by atoms with E-state index in [9.17, 15) is 23.1 Å². The van der Waals surface area contributed by atoms with Crippen molar-refractivity contribution in [2.75, 3.05) is 16.8 Å². The van der Waals surface area contributed by atoms with Crippen LogP contribution in [0.4, 0.5) is 28.9 Å². The fourth-order valence-corrected chi connectivity index (χ4v) is 4.85. The van der Waals surface area contributed by atoms with Crippen LogP contribution in [0.15, 0.2) is 60.7 Å². The number of nitrogens with zero attached hydrogens (tertiary/aromatic N) is 3. The smallest absolute Gasteiger partial charge is 0.417 e. The molecule has 1 atom stereocenters. The van der Waals surface area contributed by atoms with Gasteiger partial charge in [0.15, 0.2) is 22.9 Å². The fraction of sp³-hybridized carbons (Fsp3) is 0.222. The second-order valence-electron chi connectivity index (χ2n) is 9.15. The van der Waals surface area contributed by atoms with E-state index < -0.39 is 40.8 Å². The minimum atomic E-state index is -4.81. The van der Waals surface area contributed by atoms with Crippen molar-refractivity contribution in [3.8, 4) is 17.6 Å². The first-order chi connectivity index (χ1) is 18.3. The van der Waals surface area contributed by atoms with Gasteiger partial charge >= 0.3 is 6.18 Å². The van der Waals surface area contributed by atoms with E-state index >= 15 is 4.39 Å². The van der Waals surface area contributed by atoms with Gasteiger partial charge in [0.2, 0.25) is 0 Å². The zero-order valence-electron chi connectivity index (χ0n) is 20.9. The quantitative estimate of drug-likeness (QED) is 0.312. The van der Waals surface area contributed by atoms with Gasteiger partial charge in [-0.1, -0.05) is 12.1 Å². The number of anilines is 2. The van der Waals surface area contributed by atoms with Gasteiger partial charge in [-0.2, -0.15) is 18.4 Å². The number of hydrogen-bond donors (Lipinski definition) is 2. The van der Waals surface area contributed by atoms with Crippen molar-refractivity contribution in [2.24, 2.45) is 0 Å². The Labute approximate surface area is 226 Å². The summed E-state index contributed by atoms with van der Waals surface area (Å²) in [4.78, 5) is 14.7. The first-order valence-electron chi connectivity index (χ1n) is 11.5. The molecule has 4 rings (SSSR count). The maximum atomic E-state index is 15.2. The number of rotatable bonds is 5. The maximum absolute atomic E-state index is 15.2. The zero-order valence-corrected chi connectivity index (χ0v) is 21.7. The molecule has 0 radical (unpaired) electrons. The summed E-state index contributed by atoms with van der Waals surface area (Å²) in [5, 5.41) is 22.6. The van der Waals surface area contributed by atoms with E-state index in [0.717, 1.165) is 23.1 Å². The summed E-state index contributed by atoms with van der Waals surface area (Å²) < 4.78 is 61.6. The maximum Gasteiger partial charge on any atom is 0.417 e. The Kier molecular flexibility index (Phi) is 7.25. The number of aliphatic hydroxyl groups excluding tert-OH is 1. The summed E-state index contributed by atoms with van der Waals surface area (Å²) in [5.74, 6) is -1.28. The van der Waals surface area contributed by atoms with Crippen molar-refractivity contribution >= 4 is 34.6 Å². The third kappa shape index (κ3) is 4.98. The average Bonchev–Trinajstić information content (AvgIpc) is 3.07. The number of nitriles is 1. The highest BCUT2D eigenvalue weighted by molar-refractivity contribution is 7.80. The molecule has 2 N–H and O–H groups in total. The number of thiocarbonyl (C=S) groups is 1. The first-order valence-corrected chi connectivity index (χ1v) is 11.9. The Balaban J connectivity index is 1.69. The largest absolute Gasteiger partial charge is 0.453 e. The molecule has 0 spiro atoms. The third-order valence-electron chi connectivity index (χ3n) is 6.31. The van der Waals surface area contributed by atoms with Crippen molar-refractivity contribution in [1.29, 1.82) is 5.26 Å². The standard InChI is InChI=1S/C27H22F4N4O3S/c1-26(2)24(37)34(16-9-8-15(14-32)19(12-16)27(29,30)31)25(39)35(26)17-10-11-22(20(28)13-17)38-21-7-5-4-6-18(21)23(36)33-3/h4-13,24,37H,1-3H3,(H,33,36). The van der Waals surface area contributed by atoms with Crippen LogP contribution in [-0.2, 0) is 6.18 Å². The van der Waals surface area contributed by atoms with Crippen molar-refractivity contribution in [1.82, 2.24) is 5.32 Å². The minimum Gasteiger partial charge on any atom is -0.453 e. The molecule has 1 unspecified atom stereocenters. The topological polar surface area (TPSA) is 88.8 Å². The van der Waals surface area contributed by atoms with Crippen LogP contribution >= 0.6 is 12.2 Å². The van der Waals surface area contributed by atoms with Crippen LogP contribution in [-0.4, -0.2) is 34.9 Å². The molecule has 1 amide bonds. The number of amides is 1. The summed E-state index contributed by atoms with van der Waals surface area (Å²) >= 11 is 5.54. The summed E-state index contributed by atoms with van der Waals surface area (Å²) in [6.07, 6.45) is -6.23. The van der Waals surface area contributed by atoms with Gasteiger partial charge in [0.25, 0.3) is 5.91 Å². The van der Waals surface area contributed by atoms with Gasteiger partial charge in [-0.3, -0.25) is 9.69 Å². The molecule has 0 aliphatic carbocycles. The van der Waals surface area contributed by atoms with Crippen LogP contribution in [0.1, 0.15) is 35.3 Å².